The highest BCUT2D eigenvalue weighted by atomic mass is 32.2. The van der Waals surface area contributed by atoms with E-state index in [1.807, 2.05) is 24.3 Å². The fourth-order valence-corrected chi connectivity index (χ4v) is 5.07. The number of sulfonamides is 1. The number of rotatable bonds is 2. The van der Waals surface area contributed by atoms with Crippen LogP contribution in [0, 0.1) is 0 Å². The molecule has 3 nitrogen and oxygen atoms in total. The summed E-state index contributed by atoms with van der Waals surface area (Å²) in [5.74, 6) is 0.389. The smallest absolute Gasteiger partial charge is 0.209 e. The van der Waals surface area contributed by atoms with Crippen molar-refractivity contribution in [3.8, 4) is 0 Å². The van der Waals surface area contributed by atoms with Crippen molar-refractivity contribution in [2.75, 3.05) is 6.26 Å². The Kier molecular flexibility index (Phi) is 2.60. The summed E-state index contributed by atoms with van der Waals surface area (Å²) >= 11 is 0. The zero-order chi connectivity index (χ0) is 14.7. The van der Waals surface area contributed by atoms with E-state index in [-0.39, 0.29) is 0 Å². The van der Waals surface area contributed by atoms with Crippen LogP contribution in [0.4, 0.5) is 0 Å². The van der Waals surface area contributed by atoms with Gasteiger partial charge in [0.2, 0.25) is 10.0 Å². The first-order valence-corrected chi connectivity index (χ1v) is 9.08. The zero-order valence-corrected chi connectivity index (χ0v) is 12.7. The zero-order valence-electron chi connectivity index (χ0n) is 11.8. The third-order valence-corrected chi connectivity index (χ3v) is 5.48. The summed E-state index contributed by atoms with van der Waals surface area (Å²) in [7, 11) is -3.31. The second kappa shape index (κ2) is 4.18. The van der Waals surface area contributed by atoms with E-state index in [9.17, 15) is 8.42 Å². The number of nitrogens with one attached hydrogen (secondary N) is 1. The maximum absolute atomic E-state index is 12.0. The van der Waals surface area contributed by atoms with Gasteiger partial charge in [-0.05, 0) is 35.1 Å². The monoisotopic (exact) mass is 299 g/mol. The highest BCUT2D eigenvalue weighted by Crippen LogP contribution is 2.54. The van der Waals surface area contributed by atoms with Crippen LogP contribution in [0.3, 0.4) is 0 Å². The maximum Gasteiger partial charge on any atom is 0.209 e. The number of hydrogen-bond acceptors (Lipinski definition) is 2. The molecule has 0 fully saturated rings. The molecule has 0 amide bonds. The minimum Gasteiger partial charge on any atom is -0.213 e. The van der Waals surface area contributed by atoms with E-state index in [0.717, 1.165) is 24.0 Å². The molecule has 0 spiro atoms. The number of hydrogen-bond donors (Lipinski definition) is 1. The van der Waals surface area contributed by atoms with Crippen molar-refractivity contribution in [1.29, 1.82) is 0 Å². The molecule has 5 rings (SSSR count). The largest absolute Gasteiger partial charge is 0.213 e. The number of benzene rings is 2. The van der Waals surface area contributed by atoms with Gasteiger partial charge in [0, 0.05) is 5.92 Å². The van der Waals surface area contributed by atoms with Crippen LogP contribution in [0.5, 0.6) is 0 Å². The fraction of sp³-hybridized carbons (Fsp3) is 0.294. The Morgan fingerprint density at radius 2 is 1.52 bits per heavy atom. The lowest BCUT2D eigenvalue weighted by atomic mass is 9.60. The molecule has 0 saturated heterocycles. The standard InChI is InChI=1S/C17H17NO2S/c1-21(19,20)18-17-11-10-12(13-6-2-4-8-15(13)17)14-7-3-5-9-16(14)17/h2-9,12,18H,10-11H2,1H3. The summed E-state index contributed by atoms with van der Waals surface area (Å²) in [5.41, 5.74) is 4.16. The van der Waals surface area contributed by atoms with Gasteiger partial charge in [-0.1, -0.05) is 48.5 Å². The van der Waals surface area contributed by atoms with Crippen molar-refractivity contribution in [3.05, 3.63) is 70.8 Å². The fourth-order valence-electron chi connectivity index (χ4n) is 4.11. The quantitative estimate of drug-likeness (QED) is 0.927. The van der Waals surface area contributed by atoms with Crippen molar-refractivity contribution in [1.82, 2.24) is 4.72 Å². The Morgan fingerprint density at radius 3 is 2.05 bits per heavy atom. The van der Waals surface area contributed by atoms with Gasteiger partial charge in [-0.25, -0.2) is 13.1 Å². The lowest BCUT2D eigenvalue weighted by Gasteiger charge is -2.49. The Labute approximate surface area is 125 Å². The molecule has 2 aromatic rings. The molecule has 0 radical (unpaired) electrons. The molecule has 3 aliphatic rings. The normalized spacial score (nSPS) is 26.2. The summed E-state index contributed by atoms with van der Waals surface area (Å²) in [6, 6.07) is 16.5. The van der Waals surface area contributed by atoms with Crippen molar-refractivity contribution in [2.45, 2.75) is 24.3 Å². The molecule has 0 unspecified atom stereocenters. The minimum absolute atomic E-state index is 0.389. The summed E-state index contributed by atoms with van der Waals surface area (Å²) in [6.45, 7) is 0. The summed E-state index contributed by atoms with van der Waals surface area (Å²) in [5, 5.41) is 0. The number of fused-ring (bicyclic) bond motifs is 1. The molecule has 2 bridgehead atoms. The van der Waals surface area contributed by atoms with Crippen LogP contribution in [0.25, 0.3) is 0 Å². The first-order chi connectivity index (χ1) is 10.0. The van der Waals surface area contributed by atoms with Crippen LogP contribution >= 0.6 is 0 Å². The molecule has 4 heteroatoms. The van der Waals surface area contributed by atoms with E-state index in [0.29, 0.717) is 5.92 Å². The molecular weight excluding hydrogens is 282 g/mol. The molecule has 2 aromatic carbocycles. The maximum atomic E-state index is 12.0. The first-order valence-electron chi connectivity index (χ1n) is 7.19. The molecule has 108 valence electrons. The van der Waals surface area contributed by atoms with Gasteiger partial charge in [0.1, 0.15) is 0 Å². The summed E-state index contributed by atoms with van der Waals surface area (Å²) < 4.78 is 26.9. The SMILES string of the molecule is CS(=O)(=O)NC12CCC(c3ccccc31)c1ccccc12. The average Bonchev–Trinajstić information content (AvgIpc) is 2.47. The first kappa shape index (κ1) is 13.0. The van der Waals surface area contributed by atoms with E-state index in [1.54, 1.807) is 0 Å². The summed E-state index contributed by atoms with van der Waals surface area (Å²) in [4.78, 5) is 0. The van der Waals surface area contributed by atoms with Gasteiger partial charge in [-0.3, -0.25) is 0 Å². The van der Waals surface area contributed by atoms with Gasteiger partial charge >= 0.3 is 0 Å². The van der Waals surface area contributed by atoms with E-state index in [2.05, 4.69) is 29.0 Å². The average molecular weight is 299 g/mol. The van der Waals surface area contributed by atoms with Crippen molar-refractivity contribution < 1.29 is 8.42 Å². The molecule has 0 aliphatic heterocycles. The Bertz CT molecular complexity index is 779. The van der Waals surface area contributed by atoms with Gasteiger partial charge < -0.3 is 0 Å². The Morgan fingerprint density at radius 1 is 1.00 bits per heavy atom. The second-order valence-electron chi connectivity index (χ2n) is 6.05. The van der Waals surface area contributed by atoms with Crippen molar-refractivity contribution in [2.24, 2.45) is 0 Å². The lowest BCUT2D eigenvalue weighted by Crippen LogP contribution is -2.52. The topological polar surface area (TPSA) is 46.2 Å². The highest BCUT2D eigenvalue weighted by Gasteiger charge is 2.49. The van der Waals surface area contributed by atoms with E-state index in [4.69, 9.17) is 0 Å². The van der Waals surface area contributed by atoms with Gasteiger partial charge in [0.05, 0.1) is 11.8 Å². The molecule has 21 heavy (non-hydrogen) atoms. The van der Waals surface area contributed by atoms with Crippen LogP contribution in [0.1, 0.15) is 41.0 Å². The minimum atomic E-state index is -3.31. The van der Waals surface area contributed by atoms with Crippen LogP contribution in [-0.2, 0) is 15.6 Å². The van der Waals surface area contributed by atoms with Gasteiger partial charge in [-0.2, -0.15) is 0 Å². The molecule has 0 atom stereocenters. The molecule has 3 aliphatic carbocycles. The lowest BCUT2D eigenvalue weighted by molar-refractivity contribution is 0.351. The van der Waals surface area contributed by atoms with Gasteiger partial charge in [-0.15, -0.1) is 0 Å². The highest BCUT2D eigenvalue weighted by molar-refractivity contribution is 7.88. The van der Waals surface area contributed by atoms with E-state index < -0.39 is 15.6 Å². The summed E-state index contributed by atoms with van der Waals surface area (Å²) in [6.07, 6.45) is 3.04. The molecular formula is C17H17NO2S. The van der Waals surface area contributed by atoms with E-state index >= 15 is 0 Å². The molecule has 0 saturated carbocycles. The van der Waals surface area contributed by atoms with Crippen LogP contribution in [-0.4, -0.2) is 14.7 Å². The van der Waals surface area contributed by atoms with Gasteiger partial charge in [0.25, 0.3) is 0 Å². The van der Waals surface area contributed by atoms with Crippen LogP contribution in [0.15, 0.2) is 48.5 Å². The third kappa shape index (κ3) is 1.79. The van der Waals surface area contributed by atoms with Crippen molar-refractivity contribution >= 4 is 10.0 Å². The van der Waals surface area contributed by atoms with E-state index in [1.165, 1.54) is 17.4 Å². The van der Waals surface area contributed by atoms with Gasteiger partial charge in [0.15, 0.2) is 0 Å². The van der Waals surface area contributed by atoms with Crippen LogP contribution < -0.4 is 4.72 Å². The predicted octanol–water partition coefficient (Wildman–Crippen LogP) is 2.72. The Hall–Kier alpha value is -1.65. The van der Waals surface area contributed by atoms with Crippen LogP contribution in [0.2, 0.25) is 0 Å². The molecule has 0 aromatic heterocycles. The molecule has 1 N–H and O–H groups in total. The molecule has 0 heterocycles. The Balaban J connectivity index is 2.05. The second-order valence-corrected chi connectivity index (χ2v) is 7.79. The van der Waals surface area contributed by atoms with Crippen molar-refractivity contribution in [3.63, 3.8) is 0 Å². The predicted molar refractivity (Wildman–Crippen MR) is 82.7 cm³/mol. The third-order valence-electron chi connectivity index (χ3n) is 4.76.